The predicted molar refractivity (Wildman–Crippen MR) is 73.9 cm³/mol. The molecule has 0 fully saturated rings. The Morgan fingerprint density at radius 3 is 2.94 bits per heavy atom. The number of nitrogens with zero attached hydrogens (tertiary/aromatic N) is 2. The fourth-order valence-corrected chi connectivity index (χ4v) is 2.27. The Morgan fingerprint density at radius 1 is 1.50 bits per heavy atom. The molecule has 6 heteroatoms. The summed E-state index contributed by atoms with van der Waals surface area (Å²) in [5.74, 6) is 1.66. The van der Waals surface area contributed by atoms with Crippen LogP contribution in [0.3, 0.4) is 0 Å². The first-order chi connectivity index (χ1) is 8.67. The Balaban J connectivity index is 2.45. The number of hydrogen-bond donors (Lipinski definition) is 1. The van der Waals surface area contributed by atoms with E-state index in [1.165, 1.54) is 0 Å². The number of halogens is 1. The van der Waals surface area contributed by atoms with Crippen LogP contribution in [0.25, 0.3) is 0 Å². The Morgan fingerprint density at radius 2 is 2.28 bits per heavy atom. The van der Waals surface area contributed by atoms with Gasteiger partial charge in [-0.25, -0.2) is 0 Å². The van der Waals surface area contributed by atoms with E-state index in [2.05, 4.69) is 10.2 Å². The third kappa shape index (κ3) is 2.42. The summed E-state index contributed by atoms with van der Waals surface area (Å²) in [6, 6.07) is 5.59. The van der Waals surface area contributed by atoms with Crippen LogP contribution in [0.5, 0.6) is 5.75 Å². The maximum absolute atomic E-state index is 6.21. The standard InChI is InChI=1S/C12H14ClN3OS/c1-3-11-14-15-12(18)16(11)7-8-9(13)5-4-6-10(8)17-2/h4-6H,3,7H2,1-2H3,(H,15,18). The number of aromatic nitrogens is 3. The summed E-state index contributed by atoms with van der Waals surface area (Å²) in [5, 5.41) is 7.64. The number of aryl methyl sites for hydroxylation is 1. The summed E-state index contributed by atoms with van der Waals surface area (Å²) >= 11 is 11.4. The van der Waals surface area contributed by atoms with Crippen molar-refractivity contribution in [2.45, 2.75) is 19.9 Å². The maximum Gasteiger partial charge on any atom is 0.195 e. The molecule has 0 saturated carbocycles. The van der Waals surface area contributed by atoms with Crippen LogP contribution < -0.4 is 4.74 Å². The molecule has 0 aliphatic carbocycles. The van der Waals surface area contributed by atoms with E-state index in [1.54, 1.807) is 7.11 Å². The van der Waals surface area contributed by atoms with Crippen LogP contribution in [0.4, 0.5) is 0 Å². The Labute approximate surface area is 116 Å². The Kier molecular flexibility index (Phi) is 4.04. The van der Waals surface area contributed by atoms with Crippen LogP contribution in [0, 0.1) is 4.77 Å². The largest absolute Gasteiger partial charge is 0.496 e. The minimum atomic E-state index is 0.557. The highest BCUT2D eigenvalue weighted by molar-refractivity contribution is 7.71. The van der Waals surface area contributed by atoms with Crippen molar-refractivity contribution in [2.75, 3.05) is 7.11 Å². The fraction of sp³-hybridized carbons (Fsp3) is 0.333. The average molecular weight is 284 g/mol. The van der Waals surface area contributed by atoms with E-state index >= 15 is 0 Å². The first kappa shape index (κ1) is 13.1. The van der Waals surface area contributed by atoms with Gasteiger partial charge in [-0.05, 0) is 24.4 Å². The number of nitrogens with one attached hydrogen (secondary N) is 1. The summed E-state index contributed by atoms with van der Waals surface area (Å²) < 4.78 is 7.85. The van der Waals surface area contributed by atoms with Gasteiger partial charge >= 0.3 is 0 Å². The van der Waals surface area contributed by atoms with Crippen molar-refractivity contribution in [3.05, 3.63) is 39.4 Å². The topological polar surface area (TPSA) is 42.8 Å². The first-order valence-corrected chi connectivity index (χ1v) is 6.41. The second kappa shape index (κ2) is 5.54. The minimum absolute atomic E-state index is 0.557. The second-order valence-electron chi connectivity index (χ2n) is 3.81. The zero-order valence-corrected chi connectivity index (χ0v) is 11.8. The molecule has 1 heterocycles. The van der Waals surface area contributed by atoms with E-state index in [1.807, 2.05) is 29.7 Å². The molecule has 4 nitrogen and oxygen atoms in total. The summed E-state index contributed by atoms with van der Waals surface area (Å²) in [5.41, 5.74) is 0.911. The lowest BCUT2D eigenvalue weighted by molar-refractivity contribution is 0.408. The van der Waals surface area contributed by atoms with Crippen molar-refractivity contribution < 1.29 is 4.74 Å². The molecule has 0 spiro atoms. The molecular weight excluding hydrogens is 270 g/mol. The molecule has 0 atom stereocenters. The van der Waals surface area contributed by atoms with Crippen LogP contribution in [-0.2, 0) is 13.0 Å². The van der Waals surface area contributed by atoms with Crippen molar-refractivity contribution in [3.8, 4) is 5.75 Å². The van der Waals surface area contributed by atoms with Crippen LogP contribution in [0.15, 0.2) is 18.2 Å². The summed E-state index contributed by atoms with van der Waals surface area (Å²) in [6.07, 6.45) is 0.805. The van der Waals surface area contributed by atoms with E-state index in [0.29, 0.717) is 16.3 Å². The predicted octanol–water partition coefficient (Wildman–Crippen LogP) is 3.21. The van der Waals surface area contributed by atoms with Gasteiger partial charge in [0.2, 0.25) is 0 Å². The highest BCUT2D eigenvalue weighted by atomic mass is 35.5. The first-order valence-electron chi connectivity index (χ1n) is 5.62. The van der Waals surface area contributed by atoms with Gasteiger partial charge in [-0.15, -0.1) is 0 Å². The number of benzene rings is 1. The lowest BCUT2D eigenvalue weighted by atomic mass is 10.2. The van der Waals surface area contributed by atoms with Gasteiger partial charge < -0.3 is 4.74 Å². The molecule has 1 aromatic heterocycles. The molecule has 0 saturated heterocycles. The molecular formula is C12H14ClN3OS. The third-order valence-electron chi connectivity index (χ3n) is 2.77. The summed E-state index contributed by atoms with van der Waals surface area (Å²) in [7, 11) is 1.63. The van der Waals surface area contributed by atoms with Gasteiger partial charge in [0.25, 0.3) is 0 Å². The molecule has 2 aromatic rings. The number of aromatic amines is 1. The lowest BCUT2D eigenvalue weighted by Crippen LogP contribution is -2.06. The molecule has 0 unspecified atom stereocenters. The van der Waals surface area contributed by atoms with Gasteiger partial charge in [0, 0.05) is 17.0 Å². The lowest BCUT2D eigenvalue weighted by Gasteiger charge is -2.12. The van der Waals surface area contributed by atoms with Crippen LogP contribution >= 0.6 is 23.8 Å². The van der Waals surface area contributed by atoms with Crippen LogP contribution in [-0.4, -0.2) is 21.9 Å². The van der Waals surface area contributed by atoms with E-state index in [-0.39, 0.29) is 0 Å². The molecule has 0 radical (unpaired) electrons. The van der Waals surface area contributed by atoms with Crippen molar-refractivity contribution in [2.24, 2.45) is 0 Å². The molecule has 2 rings (SSSR count). The quantitative estimate of drug-likeness (QED) is 0.876. The minimum Gasteiger partial charge on any atom is -0.496 e. The van der Waals surface area contributed by atoms with E-state index in [9.17, 15) is 0 Å². The van der Waals surface area contributed by atoms with Crippen molar-refractivity contribution in [3.63, 3.8) is 0 Å². The fourth-order valence-electron chi connectivity index (χ4n) is 1.82. The SMILES string of the molecule is CCc1n[nH]c(=S)n1Cc1c(Cl)cccc1OC. The number of hydrogen-bond acceptors (Lipinski definition) is 3. The van der Waals surface area contributed by atoms with Gasteiger partial charge in [0.15, 0.2) is 4.77 Å². The molecule has 1 aromatic carbocycles. The molecule has 0 aliphatic rings. The second-order valence-corrected chi connectivity index (χ2v) is 4.60. The van der Waals surface area contributed by atoms with Gasteiger partial charge in [-0.2, -0.15) is 5.10 Å². The molecule has 18 heavy (non-hydrogen) atoms. The summed E-state index contributed by atoms with van der Waals surface area (Å²) in [6.45, 7) is 2.59. The maximum atomic E-state index is 6.21. The number of H-pyrrole nitrogens is 1. The van der Waals surface area contributed by atoms with Crippen molar-refractivity contribution >= 4 is 23.8 Å². The van der Waals surface area contributed by atoms with E-state index < -0.39 is 0 Å². The number of methoxy groups -OCH3 is 1. The smallest absolute Gasteiger partial charge is 0.195 e. The van der Waals surface area contributed by atoms with Gasteiger partial charge in [0.05, 0.1) is 13.7 Å². The normalized spacial score (nSPS) is 10.6. The molecule has 0 amide bonds. The molecule has 0 bridgehead atoms. The van der Waals surface area contributed by atoms with E-state index in [4.69, 9.17) is 28.6 Å². The van der Waals surface area contributed by atoms with Gasteiger partial charge in [-0.1, -0.05) is 24.6 Å². The van der Waals surface area contributed by atoms with Gasteiger partial charge in [0.1, 0.15) is 11.6 Å². The van der Waals surface area contributed by atoms with Gasteiger partial charge in [-0.3, -0.25) is 9.67 Å². The molecule has 96 valence electrons. The monoisotopic (exact) mass is 283 g/mol. The highest BCUT2D eigenvalue weighted by Gasteiger charge is 2.11. The zero-order chi connectivity index (χ0) is 13.1. The van der Waals surface area contributed by atoms with Crippen LogP contribution in [0.1, 0.15) is 18.3 Å². The van der Waals surface area contributed by atoms with Crippen LogP contribution in [0.2, 0.25) is 5.02 Å². The average Bonchev–Trinajstić information content (AvgIpc) is 2.73. The summed E-state index contributed by atoms with van der Waals surface area (Å²) in [4.78, 5) is 0. The number of rotatable bonds is 4. The zero-order valence-electron chi connectivity index (χ0n) is 10.2. The Hall–Kier alpha value is -1.33. The van der Waals surface area contributed by atoms with Crippen molar-refractivity contribution in [1.29, 1.82) is 0 Å². The van der Waals surface area contributed by atoms with Crippen molar-refractivity contribution in [1.82, 2.24) is 14.8 Å². The molecule has 0 aliphatic heterocycles. The number of ether oxygens (including phenoxy) is 1. The highest BCUT2D eigenvalue weighted by Crippen LogP contribution is 2.27. The Bertz CT molecular complexity index is 606. The van der Waals surface area contributed by atoms with E-state index in [0.717, 1.165) is 23.6 Å². The molecule has 1 N–H and O–H groups in total. The third-order valence-corrected chi connectivity index (χ3v) is 3.43.